The fourth-order valence-corrected chi connectivity index (χ4v) is 5.22. The van der Waals surface area contributed by atoms with Gasteiger partial charge in [0.05, 0.1) is 6.42 Å². The number of carbonyl (C=O) groups is 1. The van der Waals surface area contributed by atoms with Gasteiger partial charge in [-0.3, -0.25) is 9.78 Å². The van der Waals surface area contributed by atoms with Crippen molar-refractivity contribution >= 4 is 34.0 Å². The lowest BCUT2D eigenvalue weighted by atomic mass is 9.98. The minimum Gasteiger partial charge on any atom is -0.373 e. The zero-order valence-corrected chi connectivity index (χ0v) is 21.3. The Bertz CT molecular complexity index is 1330. The van der Waals surface area contributed by atoms with E-state index in [1.54, 1.807) is 30.5 Å². The fourth-order valence-electron chi connectivity index (χ4n) is 4.27. The summed E-state index contributed by atoms with van der Waals surface area (Å²) in [6, 6.07) is 15.1. The monoisotopic (exact) mass is 534 g/mol. The number of aliphatic hydroxyl groups is 1. The van der Waals surface area contributed by atoms with Crippen LogP contribution in [0.4, 0.5) is 21.2 Å². The summed E-state index contributed by atoms with van der Waals surface area (Å²) in [5.41, 5.74) is 1.52. The summed E-state index contributed by atoms with van der Waals surface area (Å²) in [4.78, 5) is 18.5. The zero-order chi connectivity index (χ0) is 26.3. The number of hydrogen-bond donors (Lipinski definition) is 3. The van der Waals surface area contributed by atoms with E-state index in [9.17, 15) is 14.3 Å². The summed E-state index contributed by atoms with van der Waals surface area (Å²) >= 11 is 1.44. The highest BCUT2D eigenvalue weighted by Gasteiger charge is 2.25. The van der Waals surface area contributed by atoms with Gasteiger partial charge in [-0.25, -0.2) is 4.39 Å². The number of amides is 1. The molecule has 12 heteroatoms. The van der Waals surface area contributed by atoms with Crippen LogP contribution in [0.3, 0.4) is 0 Å². The second kappa shape index (κ2) is 12.0. The van der Waals surface area contributed by atoms with Gasteiger partial charge in [0, 0.05) is 37.3 Å². The second-order valence-corrected chi connectivity index (χ2v) is 10.0. The first-order valence-electron chi connectivity index (χ1n) is 12.3. The van der Waals surface area contributed by atoms with Gasteiger partial charge in [-0.15, -0.1) is 20.4 Å². The second-order valence-electron chi connectivity index (χ2n) is 9.02. The summed E-state index contributed by atoms with van der Waals surface area (Å²) in [5, 5.41) is 34.5. The lowest BCUT2D eigenvalue weighted by Crippen LogP contribution is -2.33. The lowest BCUT2D eigenvalue weighted by Gasteiger charge is -2.31. The number of nitrogens with one attached hydrogen (secondary N) is 2. The third-order valence-corrected chi connectivity index (χ3v) is 7.24. The first-order valence-corrected chi connectivity index (χ1v) is 13.1. The number of piperidine rings is 1. The van der Waals surface area contributed by atoms with Gasteiger partial charge in [-0.05, 0) is 54.8 Å². The third kappa shape index (κ3) is 6.84. The predicted molar refractivity (Wildman–Crippen MR) is 142 cm³/mol. The Labute approximate surface area is 223 Å². The van der Waals surface area contributed by atoms with Gasteiger partial charge in [-0.2, -0.15) is 0 Å². The van der Waals surface area contributed by atoms with Crippen LogP contribution in [0.1, 0.15) is 35.0 Å². The average molecular weight is 535 g/mol. The molecular weight excluding hydrogens is 507 g/mol. The molecule has 1 fully saturated rings. The molecule has 1 atom stereocenters. The molecule has 3 aromatic heterocycles. The number of halogens is 1. The molecule has 1 aliphatic rings. The highest BCUT2D eigenvalue weighted by molar-refractivity contribution is 7.15. The van der Waals surface area contributed by atoms with Gasteiger partial charge in [0.15, 0.2) is 11.6 Å². The normalized spacial score (nSPS) is 14.7. The Kier molecular flexibility index (Phi) is 8.09. The molecule has 0 radical (unpaired) electrons. The number of hydrogen-bond acceptors (Lipinski definition) is 10. The molecule has 10 nitrogen and oxygen atoms in total. The molecular formula is C26H27FN8O2S. The van der Waals surface area contributed by atoms with Crippen LogP contribution in [0.15, 0.2) is 60.8 Å². The maximum atomic E-state index is 13.1. The molecule has 0 saturated carbocycles. The summed E-state index contributed by atoms with van der Waals surface area (Å²) < 4.78 is 13.1. The van der Waals surface area contributed by atoms with Crippen LogP contribution in [0, 0.1) is 5.82 Å². The summed E-state index contributed by atoms with van der Waals surface area (Å²) in [5.74, 6) is 0.933. The number of pyridine rings is 1. The fraction of sp³-hybridized carbons (Fsp3) is 0.308. The van der Waals surface area contributed by atoms with E-state index >= 15 is 0 Å². The van der Waals surface area contributed by atoms with Gasteiger partial charge in [-0.1, -0.05) is 29.5 Å². The average Bonchev–Trinajstić information content (AvgIpc) is 3.39. The van der Waals surface area contributed by atoms with Crippen molar-refractivity contribution in [1.82, 2.24) is 25.4 Å². The maximum Gasteiger partial charge on any atom is 0.231 e. The minimum atomic E-state index is -0.843. The van der Waals surface area contributed by atoms with Gasteiger partial charge in [0.1, 0.15) is 17.1 Å². The van der Waals surface area contributed by atoms with Crippen molar-refractivity contribution in [3.8, 4) is 0 Å². The standard InChI is InChI=1S/C26H27FN8O2S/c27-19-6-4-17(5-7-19)15-23(36)30-26-34-33-25(38-26)18-10-13-35(14-11-18)22-9-8-21(31-32-22)29-24(37)16-20-3-1-2-12-28-20/h1-9,12,18,23,36H,10-11,13-16H2,(H,30,34)(H,29,31,37). The summed E-state index contributed by atoms with van der Waals surface area (Å²) in [6.45, 7) is 1.58. The topological polar surface area (TPSA) is 129 Å². The van der Waals surface area contributed by atoms with E-state index in [0.717, 1.165) is 42.3 Å². The molecule has 1 aliphatic heterocycles. The SMILES string of the molecule is O=C(Cc1ccccn1)Nc1ccc(N2CCC(c3nnc(NC(O)Cc4ccc(F)cc4)s3)CC2)nn1. The summed E-state index contributed by atoms with van der Waals surface area (Å²) in [7, 11) is 0. The van der Waals surface area contributed by atoms with E-state index in [2.05, 4.69) is 40.9 Å². The Morgan fingerprint density at radius 2 is 1.87 bits per heavy atom. The van der Waals surface area contributed by atoms with Crippen LogP contribution in [-0.2, 0) is 17.6 Å². The highest BCUT2D eigenvalue weighted by Crippen LogP contribution is 2.33. The predicted octanol–water partition coefficient (Wildman–Crippen LogP) is 3.40. The van der Waals surface area contributed by atoms with Crippen LogP contribution >= 0.6 is 11.3 Å². The van der Waals surface area contributed by atoms with E-state index in [0.29, 0.717) is 23.1 Å². The molecule has 1 unspecified atom stereocenters. The number of benzene rings is 1. The van der Waals surface area contributed by atoms with Crippen LogP contribution < -0.4 is 15.5 Å². The minimum absolute atomic E-state index is 0.174. The number of aliphatic hydroxyl groups excluding tert-OH is 1. The van der Waals surface area contributed by atoms with Crippen LogP contribution in [-0.4, -0.2) is 55.7 Å². The van der Waals surface area contributed by atoms with Crippen molar-refractivity contribution in [2.24, 2.45) is 0 Å². The van der Waals surface area contributed by atoms with Gasteiger partial charge >= 0.3 is 0 Å². The molecule has 3 N–H and O–H groups in total. The van der Waals surface area contributed by atoms with Gasteiger partial charge in [0.25, 0.3) is 0 Å². The van der Waals surface area contributed by atoms with Crippen molar-refractivity contribution in [2.45, 2.75) is 37.8 Å². The van der Waals surface area contributed by atoms with Gasteiger partial charge in [0.2, 0.25) is 11.0 Å². The largest absolute Gasteiger partial charge is 0.373 e. The summed E-state index contributed by atoms with van der Waals surface area (Å²) in [6.07, 6.45) is 3.09. The van der Waals surface area contributed by atoms with Crippen molar-refractivity contribution in [1.29, 1.82) is 0 Å². The van der Waals surface area contributed by atoms with Crippen molar-refractivity contribution in [2.75, 3.05) is 28.6 Å². The van der Waals surface area contributed by atoms with Crippen LogP contribution in [0.5, 0.6) is 0 Å². The molecule has 0 spiro atoms. The number of rotatable bonds is 9. The van der Waals surface area contributed by atoms with Crippen molar-refractivity contribution in [3.05, 3.63) is 82.9 Å². The molecule has 4 aromatic rings. The number of carbonyl (C=O) groups excluding carboxylic acids is 1. The zero-order valence-electron chi connectivity index (χ0n) is 20.5. The first kappa shape index (κ1) is 25.6. The molecule has 0 bridgehead atoms. The number of anilines is 3. The van der Waals surface area contributed by atoms with Crippen LogP contribution in [0.25, 0.3) is 0 Å². The Hall–Kier alpha value is -4.03. The Morgan fingerprint density at radius 3 is 2.58 bits per heavy atom. The molecule has 4 heterocycles. The molecule has 1 saturated heterocycles. The van der Waals surface area contributed by atoms with E-state index < -0.39 is 6.23 Å². The van der Waals surface area contributed by atoms with Crippen molar-refractivity contribution in [3.63, 3.8) is 0 Å². The van der Waals surface area contributed by atoms with E-state index in [1.165, 1.54) is 23.5 Å². The smallest absolute Gasteiger partial charge is 0.231 e. The van der Waals surface area contributed by atoms with E-state index in [-0.39, 0.29) is 24.1 Å². The Morgan fingerprint density at radius 1 is 1.05 bits per heavy atom. The molecule has 38 heavy (non-hydrogen) atoms. The quantitative estimate of drug-likeness (QED) is 0.277. The number of nitrogens with zero attached hydrogens (tertiary/aromatic N) is 6. The van der Waals surface area contributed by atoms with E-state index in [1.807, 2.05) is 18.2 Å². The van der Waals surface area contributed by atoms with Crippen LogP contribution in [0.2, 0.25) is 0 Å². The molecule has 196 valence electrons. The highest BCUT2D eigenvalue weighted by atomic mass is 32.1. The lowest BCUT2D eigenvalue weighted by molar-refractivity contribution is -0.115. The molecule has 1 amide bonds. The van der Waals surface area contributed by atoms with Gasteiger partial charge < -0.3 is 20.6 Å². The first-order chi connectivity index (χ1) is 18.5. The molecule has 0 aliphatic carbocycles. The molecule has 5 rings (SSSR count). The third-order valence-electron chi connectivity index (χ3n) is 6.23. The maximum absolute atomic E-state index is 13.1. The van der Waals surface area contributed by atoms with E-state index in [4.69, 9.17) is 0 Å². The molecule has 1 aromatic carbocycles. The van der Waals surface area contributed by atoms with Crippen molar-refractivity contribution < 1.29 is 14.3 Å². The Balaban J connectivity index is 1.08. The number of aromatic nitrogens is 5.